The first-order valence-electron chi connectivity index (χ1n) is 5.79. The Hall–Kier alpha value is -1.75. The van der Waals surface area contributed by atoms with Crippen molar-refractivity contribution in [3.05, 3.63) is 67.6 Å². The molecule has 0 aliphatic carbocycles. The van der Waals surface area contributed by atoms with Gasteiger partial charge in [-0.05, 0) is 18.2 Å². The van der Waals surface area contributed by atoms with Crippen LogP contribution in [0.5, 0.6) is 0 Å². The normalized spacial score (nSPS) is 11.0. The summed E-state index contributed by atoms with van der Waals surface area (Å²) in [6.45, 7) is 0. The van der Waals surface area contributed by atoms with Crippen molar-refractivity contribution in [2.75, 3.05) is 0 Å². The molecule has 4 nitrogen and oxygen atoms in total. The molecule has 0 spiro atoms. The lowest BCUT2D eigenvalue weighted by Gasteiger charge is -2.03. The molecule has 3 rings (SSSR count). The first-order valence-corrected chi connectivity index (χ1v) is 6.93. The van der Waals surface area contributed by atoms with Crippen molar-refractivity contribution in [2.24, 2.45) is 0 Å². The summed E-state index contributed by atoms with van der Waals surface area (Å²) in [6, 6.07) is 9.70. The maximum Gasteiger partial charge on any atom is 0.427 e. The average Bonchev–Trinajstić information content (AvgIpc) is 2.81. The molecule has 0 aliphatic rings. The molecule has 0 saturated heterocycles. The Labute approximate surface area is 133 Å². The minimum Gasteiger partial charge on any atom is -0.406 e. The number of rotatable bonds is 1. The Morgan fingerprint density at radius 3 is 2.38 bits per heavy atom. The highest BCUT2D eigenvalue weighted by molar-refractivity contribution is 6.50. The van der Waals surface area contributed by atoms with Crippen molar-refractivity contribution in [3.63, 3.8) is 0 Å². The second kappa shape index (κ2) is 5.22. The van der Waals surface area contributed by atoms with Crippen LogP contribution >= 0.6 is 34.8 Å². The number of nitrogens with zero attached hydrogens (tertiary/aromatic N) is 1. The van der Waals surface area contributed by atoms with E-state index in [9.17, 15) is 9.59 Å². The van der Waals surface area contributed by atoms with Gasteiger partial charge < -0.3 is 4.42 Å². The topological polar surface area (TPSA) is 52.2 Å². The predicted molar refractivity (Wildman–Crippen MR) is 81.7 cm³/mol. The molecular formula is C14H6Cl3NO3. The smallest absolute Gasteiger partial charge is 0.406 e. The molecule has 0 fully saturated rings. The standard InChI is InChI=1S/C14H6Cl3NO3/c15-8-6-9-12(11(17)10(8)16)21-14(20)18(9)13(19)7-4-2-1-3-5-7/h1-6H. The van der Waals surface area contributed by atoms with E-state index < -0.39 is 11.7 Å². The molecule has 0 radical (unpaired) electrons. The summed E-state index contributed by atoms with van der Waals surface area (Å²) in [5, 5.41) is 0.194. The first-order chi connectivity index (χ1) is 10.0. The third kappa shape index (κ3) is 2.25. The Kier molecular flexibility index (Phi) is 3.53. The molecule has 0 bridgehead atoms. The van der Waals surface area contributed by atoms with Gasteiger partial charge in [-0.1, -0.05) is 53.0 Å². The molecule has 0 amide bonds. The monoisotopic (exact) mass is 341 g/mol. The molecule has 0 N–H and O–H groups in total. The molecule has 0 atom stereocenters. The summed E-state index contributed by atoms with van der Waals surface area (Å²) >= 11 is 17.8. The van der Waals surface area contributed by atoms with Gasteiger partial charge in [0.15, 0.2) is 5.58 Å². The lowest BCUT2D eigenvalue weighted by molar-refractivity contribution is 0.0956. The second-order valence-electron chi connectivity index (χ2n) is 4.21. The summed E-state index contributed by atoms with van der Waals surface area (Å²) in [5.41, 5.74) is 0.540. The van der Waals surface area contributed by atoms with E-state index in [4.69, 9.17) is 39.2 Å². The number of oxazole rings is 1. The highest BCUT2D eigenvalue weighted by Gasteiger charge is 2.22. The van der Waals surface area contributed by atoms with E-state index in [-0.39, 0.29) is 26.2 Å². The van der Waals surface area contributed by atoms with Gasteiger partial charge >= 0.3 is 5.76 Å². The summed E-state index contributed by atoms with van der Waals surface area (Å²) in [5.74, 6) is -1.38. The van der Waals surface area contributed by atoms with Crippen LogP contribution in [-0.4, -0.2) is 10.5 Å². The summed E-state index contributed by atoms with van der Waals surface area (Å²) in [4.78, 5) is 24.4. The van der Waals surface area contributed by atoms with Crippen LogP contribution in [0.1, 0.15) is 10.4 Å². The van der Waals surface area contributed by atoms with Crippen molar-refractivity contribution in [1.82, 2.24) is 4.57 Å². The Balaban J connectivity index is 2.32. The van der Waals surface area contributed by atoms with Gasteiger partial charge in [0.25, 0.3) is 5.91 Å². The van der Waals surface area contributed by atoms with E-state index >= 15 is 0 Å². The Morgan fingerprint density at radius 1 is 1.05 bits per heavy atom. The number of halogens is 3. The van der Waals surface area contributed by atoms with Gasteiger partial charge in [0.05, 0.1) is 10.0 Å². The number of carbonyl (C=O) groups is 1. The first kappa shape index (κ1) is 14.2. The zero-order valence-electron chi connectivity index (χ0n) is 10.3. The zero-order valence-corrected chi connectivity index (χ0v) is 12.5. The fourth-order valence-electron chi connectivity index (χ4n) is 1.96. The van der Waals surface area contributed by atoms with E-state index in [1.54, 1.807) is 30.3 Å². The molecular weight excluding hydrogens is 337 g/mol. The van der Waals surface area contributed by atoms with Crippen molar-refractivity contribution in [1.29, 1.82) is 0 Å². The third-order valence-electron chi connectivity index (χ3n) is 2.93. The van der Waals surface area contributed by atoms with Gasteiger partial charge in [-0.2, -0.15) is 0 Å². The van der Waals surface area contributed by atoms with Gasteiger partial charge in [-0.15, -0.1) is 0 Å². The number of benzene rings is 2. The summed E-state index contributed by atoms with van der Waals surface area (Å²) < 4.78 is 5.89. The molecule has 0 unspecified atom stereocenters. The average molecular weight is 343 g/mol. The lowest BCUT2D eigenvalue weighted by atomic mass is 10.2. The van der Waals surface area contributed by atoms with Crippen molar-refractivity contribution < 1.29 is 9.21 Å². The Morgan fingerprint density at radius 2 is 1.71 bits per heavy atom. The fourth-order valence-corrected chi connectivity index (χ4v) is 2.59. The van der Waals surface area contributed by atoms with Crippen LogP contribution in [0.2, 0.25) is 15.1 Å². The lowest BCUT2D eigenvalue weighted by Crippen LogP contribution is -2.23. The van der Waals surface area contributed by atoms with Crippen molar-refractivity contribution in [3.8, 4) is 0 Å². The van der Waals surface area contributed by atoms with Crippen LogP contribution in [0.4, 0.5) is 0 Å². The molecule has 1 heterocycles. The quantitative estimate of drug-likeness (QED) is 0.621. The van der Waals surface area contributed by atoms with Crippen LogP contribution in [0.15, 0.2) is 45.6 Å². The summed E-state index contributed by atoms with van der Waals surface area (Å²) in [6.07, 6.45) is 0. The van der Waals surface area contributed by atoms with Crippen LogP contribution in [0.25, 0.3) is 11.1 Å². The van der Waals surface area contributed by atoms with Gasteiger partial charge in [-0.3, -0.25) is 4.79 Å². The number of fused-ring (bicyclic) bond motifs is 1. The maximum absolute atomic E-state index is 12.4. The largest absolute Gasteiger partial charge is 0.427 e. The molecule has 0 aliphatic heterocycles. The van der Waals surface area contributed by atoms with E-state index in [1.165, 1.54) is 6.07 Å². The minimum atomic E-state index is -0.848. The van der Waals surface area contributed by atoms with Gasteiger partial charge in [0, 0.05) is 5.56 Å². The van der Waals surface area contributed by atoms with E-state index in [0.29, 0.717) is 5.56 Å². The zero-order chi connectivity index (χ0) is 15.1. The van der Waals surface area contributed by atoms with Crippen LogP contribution < -0.4 is 5.76 Å². The van der Waals surface area contributed by atoms with Gasteiger partial charge in [0.1, 0.15) is 10.5 Å². The van der Waals surface area contributed by atoms with Crippen LogP contribution in [-0.2, 0) is 0 Å². The number of hydrogen-bond acceptors (Lipinski definition) is 3. The number of hydrogen-bond donors (Lipinski definition) is 0. The fraction of sp³-hybridized carbons (Fsp3) is 0. The van der Waals surface area contributed by atoms with Crippen molar-refractivity contribution >= 4 is 51.8 Å². The Bertz CT molecular complexity index is 913. The predicted octanol–water partition coefficient (Wildman–Crippen LogP) is 4.24. The molecule has 0 saturated carbocycles. The molecule has 3 aromatic rings. The van der Waals surface area contributed by atoms with Crippen LogP contribution in [0, 0.1) is 0 Å². The minimum absolute atomic E-state index is 0.00382. The van der Waals surface area contributed by atoms with Crippen molar-refractivity contribution in [2.45, 2.75) is 0 Å². The van der Waals surface area contributed by atoms with E-state index in [0.717, 1.165) is 4.57 Å². The number of aromatic nitrogens is 1. The SMILES string of the molecule is O=C(c1ccccc1)n1c(=O)oc2c(Cl)c(Cl)c(Cl)cc21. The number of carbonyl (C=O) groups excluding carboxylic acids is 1. The molecule has 1 aromatic heterocycles. The third-order valence-corrected chi connectivity index (χ3v) is 4.18. The maximum atomic E-state index is 12.4. The second-order valence-corrected chi connectivity index (χ2v) is 5.37. The highest BCUT2D eigenvalue weighted by atomic mass is 35.5. The van der Waals surface area contributed by atoms with E-state index in [2.05, 4.69) is 0 Å². The molecule has 2 aromatic carbocycles. The van der Waals surface area contributed by atoms with E-state index in [1.807, 2.05) is 0 Å². The van der Waals surface area contributed by atoms with Crippen LogP contribution in [0.3, 0.4) is 0 Å². The molecule has 21 heavy (non-hydrogen) atoms. The van der Waals surface area contributed by atoms with Gasteiger partial charge in [0.2, 0.25) is 0 Å². The van der Waals surface area contributed by atoms with Gasteiger partial charge in [-0.25, -0.2) is 9.36 Å². The summed E-state index contributed by atoms with van der Waals surface area (Å²) in [7, 11) is 0. The highest BCUT2D eigenvalue weighted by Crippen LogP contribution is 2.36. The molecule has 106 valence electrons. The molecule has 7 heteroatoms.